The molecule has 0 saturated carbocycles. The Bertz CT molecular complexity index is 2070. The van der Waals surface area contributed by atoms with E-state index >= 15 is 0 Å². The lowest BCUT2D eigenvalue weighted by molar-refractivity contribution is 0.0941. The van der Waals surface area contributed by atoms with Gasteiger partial charge in [-0.2, -0.15) is 0 Å². The van der Waals surface area contributed by atoms with E-state index in [4.69, 9.17) is 37.9 Å². The van der Waals surface area contributed by atoms with Crippen LogP contribution in [0.15, 0.2) is 48.5 Å². The monoisotopic (exact) mass is 941 g/mol. The van der Waals surface area contributed by atoms with Gasteiger partial charge in [0.05, 0.1) is 26.4 Å². The topological polar surface area (TPSA) is 142 Å². The number of carbonyl (C=O) groups is 4. The van der Waals surface area contributed by atoms with Gasteiger partial charge in [0, 0.05) is 42.4 Å². The van der Waals surface area contributed by atoms with E-state index in [0.717, 1.165) is 128 Å². The van der Waals surface area contributed by atoms with Crippen molar-refractivity contribution in [1.82, 2.24) is 0 Å². The van der Waals surface area contributed by atoms with Crippen molar-refractivity contribution in [2.75, 3.05) is 26.4 Å². The third-order valence-electron chi connectivity index (χ3n) is 12.4. The second-order valence-electron chi connectivity index (χ2n) is 17.8. The van der Waals surface area contributed by atoms with Crippen molar-refractivity contribution in [3.63, 3.8) is 0 Å². The molecule has 4 aromatic rings. The molecule has 372 valence electrons. The van der Waals surface area contributed by atoms with Crippen LogP contribution in [-0.4, -0.2) is 51.0 Å². The summed E-state index contributed by atoms with van der Waals surface area (Å²) in [6.45, 7) is 9.31. The van der Waals surface area contributed by atoms with Crippen molar-refractivity contribution < 1.29 is 57.1 Å². The summed E-state index contributed by atoms with van der Waals surface area (Å²) >= 11 is 0. The highest BCUT2D eigenvalue weighted by atomic mass is 16.7. The Balaban J connectivity index is 1.63. The van der Waals surface area contributed by atoms with E-state index < -0.39 is 24.6 Å². The number of hydrogen-bond acceptors (Lipinski definition) is 12. The number of rotatable bonds is 32. The van der Waals surface area contributed by atoms with Crippen LogP contribution >= 0.6 is 0 Å². The number of fused-ring (bicyclic) bond motifs is 4. The highest BCUT2D eigenvalue weighted by Crippen LogP contribution is 2.47. The zero-order valence-electron chi connectivity index (χ0n) is 41.3. The quantitative estimate of drug-likeness (QED) is 0.0175. The van der Waals surface area contributed by atoms with Crippen LogP contribution in [0.5, 0.6) is 23.0 Å². The minimum Gasteiger partial charge on any atom is -0.434 e. The van der Waals surface area contributed by atoms with Crippen molar-refractivity contribution in [2.45, 2.75) is 182 Å². The van der Waals surface area contributed by atoms with Crippen molar-refractivity contribution in [3.05, 3.63) is 69.4 Å². The molecule has 12 heteroatoms. The van der Waals surface area contributed by atoms with E-state index in [1.54, 1.807) is 48.5 Å². The lowest BCUT2D eigenvalue weighted by atomic mass is 9.91. The maximum absolute atomic E-state index is 13.7. The molecule has 0 heterocycles. The first kappa shape index (κ1) is 53.4. The molecule has 68 heavy (non-hydrogen) atoms. The van der Waals surface area contributed by atoms with Crippen LogP contribution in [0.4, 0.5) is 19.2 Å². The molecule has 1 aliphatic carbocycles. The third-order valence-corrected chi connectivity index (χ3v) is 12.4. The van der Waals surface area contributed by atoms with Gasteiger partial charge >= 0.3 is 24.6 Å². The second-order valence-corrected chi connectivity index (χ2v) is 17.8. The molecule has 0 atom stereocenters. The van der Waals surface area contributed by atoms with Gasteiger partial charge in [-0.25, -0.2) is 19.2 Å². The van der Waals surface area contributed by atoms with Crippen LogP contribution in [0, 0.1) is 20.9 Å². The zero-order chi connectivity index (χ0) is 48.4. The first-order valence-electron chi connectivity index (χ1n) is 25.9. The van der Waals surface area contributed by atoms with Crippen molar-refractivity contribution >= 4 is 46.2 Å². The summed E-state index contributed by atoms with van der Waals surface area (Å²) in [5.74, 6) is 0.337. The summed E-state index contributed by atoms with van der Waals surface area (Å²) in [5.41, 5.74) is 0. The van der Waals surface area contributed by atoms with E-state index in [-0.39, 0.29) is 70.3 Å². The molecule has 0 spiro atoms. The molecule has 0 unspecified atom stereocenters. The summed E-state index contributed by atoms with van der Waals surface area (Å²) in [4.78, 5) is 54.6. The highest BCUT2D eigenvalue weighted by Gasteiger charge is 2.31. The molecule has 0 saturated heterocycles. The molecule has 0 amide bonds. The molecule has 12 nitrogen and oxygen atoms in total. The largest absolute Gasteiger partial charge is 0.513 e. The predicted molar refractivity (Wildman–Crippen MR) is 265 cm³/mol. The summed E-state index contributed by atoms with van der Waals surface area (Å²) in [6, 6.07) is 14.1. The van der Waals surface area contributed by atoms with Crippen molar-refractivity contribution in [3.8, 4) is 23.0 Å². The molecule has 4 aromatic carbocycles. The molecule has 0 N–H and O–H groups in total. The highest BCUT2D eigenvalue weighted by molar-refractivity contribution is 6.00. The molecule has 0 aromatic heterocycles. The summed E-state index contributed by atoms with van der Waals surface area (Å²) in [5, 5.41) is 2.78. The Morgan fingerprint density at radius 3 is 0.691 bits per heavy atom. The van der Waals surface area contributed by atoms with Crippen molar-refractivity contribution in [2.24, 2.45) is 0 Å². The second kappa shape index (κ2) is 30.1. The Morgan fingerprint density at radius 2 is 0.485 bits per heavy atom. The van der Waals surface area contributed by atoms with Gasteiger partial charge in [0.2, 0.25) is 0 Å². The van der Waals surface area contributed by atoms with Gasteiger partial charge in [-0.05, 0) is 25.7 Å². The standard InChI is InChI=1S/C56H76O12/c1-5-9-13-17-21-29-37-61-53(57)65-49-41-33-25-26-34-42(41)50(66-54(58)62-38-30-22-18-14-10-6-2)46-45(49)47-48(46)52(68-56(60)64-40-32-24-20-16-12-8-4)44-36-28-27-35-43(44)51(47)67-55(59)63-39-31-23-19-15-11-7-3/h25-28,33-36H,5-24,29-32,37-40H2,1-4H3. The van der Waals surface area contributed by atoms with E-state index in [9.17, 15) is 19.2 Å². The Kier molecular flexibility index (Phi) is 23.6. The first-order valence-corrected chi connectivity index (χ1v) is 25.9. The minimum absolute atomic E-state index is 0.0843. The molecule has 0 radical (unpaired) electrons. The average molecular weight is 941 g/mol. The van der Waals surface area contributed by atoms with Crippen LogP contribution < -0.4 is 18.9 Å². The average Bonchev–Trinajstić information content (AvgIpc) is 3.33. The molecular weight excluding hydrogens is 865 g/mol. The van der Waals surface area contributed by atoms with Crippen LogP contribution in [-0.2, 0) is 18.9 Å². The van der Waals surface area contributed by atoms with E-state index in [1.807, 2.05) is 0 Å². The van der Waals surface area contributed by atoms with E-state index in [2.05, 4.69) is 27.7 Å². The molecule has 5 rings (SSSR count). The van der Waals surface area contributed by atoms with Crippen LogP contribution in [0.1, 0.15) is 182 Å². The summed E-state index contributed by atoms with van der Waals surface area (Å²) in [7, 11) is 0. The van der Waals surface area contributed by atoms with Gasteiger partial charge < -0.3 is 37.9 Å². The normalized spacial score (nSPS) is 11.4. The summed E-state index contributed by atoms with van der Waals surface area (Å²) < 4.78 is 47.1. The zero-order valence-corrected chi connectivity index (χ0v) is 41.3. The number of ether oxygens (including phenoxy) is 8. The summed E-state index contributed by atoms with van der Waals surface area (Å²) in [6.07, 6.45) is 20.4. The molecular formula is C56H76O12. The number of unbranched alkanes of at least 4 members (excludes halogenated alkanes) is 20. The lowest BCUT2D eigenvalue weighted by Gasteiger charge is -2.22. The molecule has 0 aliphatic heterocycles. The minimum atomic E-state index is -0.928. The number of hydrogen-bond donors (Lipinski definition) is 0. The lowest BCUT2D eigenvalue weighted by Crippen LogP contribution is -2.18. The van der Waals surface area contributed by atoms with Crippen LogP contribution in [0.25, 0.3) is 21.5 Å². The van der Waals surface area contributed by atoms with Gasteiger partial charge in [-0.15, -0.1) is 0 Å². The van der Waals surface area contributed by atoms with Crippen LogP contribution in [0.3, 0.4) is 0 Å². The number of benzene rings is 4. The molecule has 1 aliphatic rings. The first-order chi connectivity index (χ1) is 33.3. The third kappa shape index (κ3) is 15.8. The maximum Gasteiger partial charge on any atom is 0.513 e. The molecule has 0 fully saturated rings. The van der Waals surface area contributed by atoms with E-state index in [1.165, 1.54) is 0 Å². The SMILES string of the molecule is CCCCCCCCOC(=O)Oc1c2c(c(OC(=O)OCCCCCCCC)c3ccccc13)=c1c(OC(=O)OCCCCCCCC)c3ccccc3c(OC(=O)OCCCCCCCC)c1=2. The Labute approximate surface area is 402 Å². The van der Waals surface area contributed by atoms with Gasteiger partial charge in [0.1, 0.15) is 0 Å². The van der Waals surface area contributed by atoms with Crippen molar-refractivity contribution in [1.29, 1.82) is 0 Å². The predicted octanol–water partition coefficient (Wildman–Crippen LogP) is 16.4. The fourth-order valence-electron chi connectivity index (χ4n) is 8.67. The van der Waals surface area contributed by atoms with E-state index in [0.29, 0.717) is 47.2 Å². The van der Waals surface area contributed by atoms with Gasteiger partial charge in [-0.3, -0.25) is 0 Å². The Morgan fingerprint density at radius 1 is 0.294 bits per heavy atom. The smallest absolute Gasteiger partial charge is 0.434 e. The van der Waals surface area contributed by atoms with Gasteiger partial charge in [0.15, 0.2) is 23.0 Å². The van der Waals surface area contributed by atoms with Gasteiger partial charge in [-0.1, -0.05) is 205 Å². The van der Waals surface area contributed by atoms with Gasteiger partial charge in [0.25, 0.3) is 0 Å². The fourth-order valence-corrected chi connectivity index (χ4v) is 8.67. The number of carbonyl (C=O) groups excluding carboxylic acids is 4. The molecule has 0 bridgehead atoms. The van der Waals surface area contributed by atoms with Crippen LogP contribution in [0.2, 0.25) is 0 Å². The fraction of sp³-hybridized carbons (Fsp3) is 0.571. The maximum atomic E-state index is 13.7. The Hall–Kier alpha value is -5.52.